The van der Waals surface area contributed by atoms with Gasteiger partial charge in [-0.3, -0.25) is 4.79 Å². The summed E-state index contributed by atoms with van der Waals surface area (Å²) in [6, 6.07) is 0. The highest BCUT2D eigenvalue weighted by Crippen LogP contribution is 2.20. The third kappa shape index (κ3) is 4.43. The van der Waals surface area contributed by atoms with Crippen molar-refractivity contribution in [2.24, 2.45) is 5.92 Å². The smallest absolute Gasteiger partial charge is 0.225 e. The molecule has 1 saturated heterocycles. The fourth-order valence-electron chi connectivity index (χ4n) is 2.66. The first-order valence-electron chi connectivity index (χ1n) is 7.12. The molecule has 1 aliphatic heterocycles. The summed E-state index contributed by atoms with van der Waals surface area (Å²) in [4.78, 5) is 14.5. The Labute approximate surface area is 116 Å². The average molecular weight is 276 g/mol. The molecule has 0 aromatic heterocycles. The Bertz CT molecular complexity index is 254. The highest BCUT2D eigenvalue weighted by atomic mass is 35.5. The summed E-state index contributed by atoms with van der Waals surface area (Å²) in [6.07, 6.45) is 4.19. The zero-order chi connectivity index (χ0) is 13.5. The Morgan fingerprint density at radius 1 is 1.33 bits per heavy atom. The van der Waals surface area contributed by atoms with Crippen molar-refractivity contribution in [2.45, 2.75) is 58.7 Å². The third-order valence-corrected chi connectivity index (χ3v) is 3.78. The Balaban J connectivity index is 2.62. The van der Waals surface area contributed by atoms with Gasteiger partial charge in [0.2, 0.25) is 5.91 Å². The van der Waals surface area contributed by atoms with Crippen molar-refractivity contribution >= 4 is 17.5 Å². The fourth-order valence-corrected chi connectivity index (χ4v) is 2.83. The molecule has 0 N–H and O–H groups in total. The van der Waals surface area contributed by atoms with Crippen LogP contribution in [0.1, 0.15) is 46.5 Å². The third-order valence-electron chi connectivity index (χ3n) is 3.43. The van der Waals surface area contributed by atoms with E-state index in [2.05, 4.69) is 13.8 Å². The number of ether oxygens (including phenoxy) is 1. The molecular formula is C14H26ClNO2. The second-order valence-electron chi connectivity index (χ2n) is 5.24. The van der Waals surface area contributed by atoms with Gasteiger partial charge in [0.15, 0.2) is 0 Å². The summed E-state index contributed by atoms with van der Waals surface area (Å²) in [5.41, 5.74) is 0. The van der Waals surface area contributed by atoms with Crippen LogP contribution in [0.3, 0.4) is 0 Å². The van der Waals surface area contributed by atoms with Gasteiger partial charge in [0, 0.05) is 19.0 Å². The van der Waals surface area contributed by atoms with Crippen LogP contribution in [-0.4, -0.2) is 42.0 Å². The lowest BCUT2D eigenvalue weighted by Gasteiger charge is -2.37. The van der Waals surface area contributed by atoms with Crippen molar-refractivity contribution in [3.63, 3.8) is 0 Å². The van der Waals surface area contributed by atoms with Crippen LogP contribution >= 0.6 is 11.6 Å². The van der Waals surface area contributed by atoms with Crippen LogP contribution in [0.4, 0.5) is 0 Å². The van der Waals surface area contributed by atoms with E-state index in [-0.39, 0.29) is 18.1 Å². The summed E-state index contributed by atoms with van der Waals surface area (Å²) in [7, 11) is 0. The first-order valence-corrected chi connectivity index (χ1v) is 7.65. The average Bonchev–Trinajstić information content (AvgIpc) is 2.36. The SMILES string of the molecule is CCCC(CCC)C(=O)N1CC(C)OC(CCl)C1. The quantitative estimate of drug-likeness (QED) is 0.698. The van der Waals surface area contributed by atoms with E-state index in [4.69, 9.17) is 16.3 Å². The molecule has 1 amide bonds. The van der Waals surface area contributed by atoms with Crippen LogP contribution < -0.4 is 0 Å². The van der Waals surface area contributed by atoms with E-state index in [1.54, 1.807) is 0 Å². The summed E-state index contributed by atoms with van der Waals surface area (Å²) >= 11 is 5.85. The summed E-state index contributed by atoms with van der Waals surface area (Å²) in [5.74, 6) is 0.936. The largest absolute Gasteiger partial charge is 0.370 e. The molecule has 1 rings (SSSR count). The lowest BCUT2D eigenvalue weighted by molar-refractivity contribution is -0.147. The molecule has 4 heteroatoms. The molecular weight excluding hydrogens is 250 g/mol. The standard InChI is InChI=1S/C14H26ClNO2/c1-4-6-12(7-5-2)14(17)16-9-11(3)18-13(8-15)10-16/h11-13H,4-10H2,1-3H3. The lowest BCUT2D eigenvalue weighted by atomic mass is 9.96. The van der Waals surface area contributed by atoms with Gasteiger partial charge >= 0.3 is 0 Å². The second kappa shape index (κ2) is 8.00. The number of carbonyl (C=O) groups excluding carboxylic acids is 1. The number of halogens is 1. The highest BCUT2D eigenvalue weighted by molar-refractivity contribution is 6.18. The van der Waals surface area contributed by atoms with Gasteiger partial charge in [0.25, 0.3) is 0 Å². The maximum absolute atomic E-state index is 12.5. The number of amides is 1. The number of hydrogen-bond donors (Lipinski definition) is 0. The van der Waals surface area contributed by atoms with Gasteiger partial charge in [-0.2, -0.15) is 0 Å². The maximum atomic E-state index is 12.5. The van der Waals surface area contributed by atoms with Crippen LogP contribution in [0.25, 0.3) is 0 Å². The second-order valence-corrected chi connectivity index (χ2v) is 5.55. The van der Waals surface area contributed by atoms with E-state index in [1.807, 2.05) is 11.8 Å². The van der Waals surface area contributed by atoms with Gasteiger partial charge in [0.1, 0.15) is 0 Å². The minimum absolute atomic E-state index is 0.0109. The Morgan fingerprint density at radius 2 is 1.94 bits per heavy atom. The number of nitrogens with zero attached hydrogens (tertiary/aromatic N) is 1. The normalized spacial score (nSPS) is 24.6. The van der Waals surface area contributed by atoms with Crippen molar-refractivity contribution in [1.29, 1.82) is 0 Å². The molecule has 3 nitrogen and oxygen atoms in total. The van der Waals surface area contributed by atoms with Gasteiger partial charge in [0.05, 0.1) is 18.1 Å². The van der Waals surface area contributed by atoms with E-state index in [0.29, 0.717) is 24.9 Å². The van der Waals surface area contributed by atoms with Crippen molar-refractivity contribution in [3.8, 4) is 0 Å². The molecule has 0 radical (unpaired) electrons. The monoisotopic (exact) mass is 275 g/mol. The van der Waals surface area contributed by atoms with Crippen molar-refractivity contribution in [1.82, 2.24) is 4.90 Å². The van der Waals surface area contributed by atoms with Crippen molar-refractivity contribution in [3.05, 3.63) is 0 Å². The summed E-state index contributed by atoms with van der Waals surface area (Å²) in [6.45, 7) is 7.64. The number of morpholine rings is 1. The molecule has 2 unspecified atom stereocenters. The van der Waals surface area contributed by atoms with Crippen molar-refractivity contribution in [2.75, 3.05) is 19.0 Å². The molecule has 0 aromatic rings. The van der Waals surface area contributed by atoms with Crippen LogP contribution in [-0.2, 0) is 9.53 Å². The highest BCUT2D eigenvalue weighted by Gasteiger charge is 2.31. The molecule has 2 atom stereocenters. The van der Waals surface area contributed by atoms with E-state index < -0.39 is 0 Å². The van der Waals surface area contributed by atoms with Gasteiger partial charge in [-0.05, 0) is 19.8 Å². The molecule has 1 fully saturated rings. The van der Waals surface area contributed by atoms with Gasteiger partial charge in [-0.15, -0.1) is 11.6 Å². The van der Waals surface area contributed by atoms with Crippen molar-refractivity contribution < 1.29 is 9.53 Å². The fraction of sp³-hybridized carbons (Fsp3) is 0.929. The van der Waals surface area contributed by atoms with Gasteiger partial charge < -0.3 is 9.64 Å². The van der Waals surface area contributed by atoms with E-state index in [1.165, 1.54) is 0 Å². The lowest BCUT2D eigenvalue weighted by Crippen LogP contribution is -2.51. The predicted octanol–water partition coefficient (Wildman–Crippen LogP) is 3.06. The Morgan fingerprint density at radius 3 is 2.44 bits per heavy atom. The molecule has 0 aliphatic carbocycles. The minimum Gasteiger partial charge on any atom is -0.370 e. The number of hydrogen-bond acceptors (Lipinski definition) is 2. The van der Waals surface area contributed by atoms with E-state index in [9.17, 15) is 4.79 Å². The first kappa shape index (κ1) is 15.8. The number of alkyl halides is 1. The van der Waals surface area contributed by atoms with Gasteiger partial charge in [-0.1, -0.05) is 26.7 Å². The first-order chi connectivity index (χ1) is 8.62. The predicted molar refractivity (Wildman–Crippen MR) is 74.9 cm³/mol. The number of carbonyl (C=O) groups is 1. The topological polar surface area (TPSA) is 29.5 Å². The van der Waals surface area contributed by atoms with Crippen LogP contribution in [0, 0.1) is 5.92 Å². The Kier molecular flexibility index (Phi) is 7.02. The Hall–Kier alpha value is -0.280. The molecule has 18 heavy (non-hydrogen) atoms. The summed E-state index contributed by atoms with van der Waals surface area (Å²) < 4.78 is 5.69. The van der Waals surface area contributed by atoms with E-state index >= 15 is 0 Å². The summed E-state index contributed by atoms with van der Waals surface area (Å²) in [5, 5.41) is 0. The van der Waals surface area contributed by atoms with Crippen LogP contribution in [0.5, 0.6) is 0 Å². The molecule has 0 bridgehead atoms. The molecule has 1 aliphatic rings. The van der Waals surface area contributed by atoms with Crippen LogP contribution in [0.15, 0.2) is 0 Å². The minimum atomic E-state index is -0.0109. The number of rotatable bonds is 6. The zero-order valence-corrected chi connectivity index (χ0v) is 12.6. The molecule has 0 spiro atoms. The molecule has 1 heterocycles. The molecule has 0 aromatic carbocycles. The zero-order valence-electron chi connectivity index (χ0n) is 11.8. The molecule has 106 valence electrons. The maximum Gasteiger partial charge on any atom is 0.225 e. The van der Waals surface area contributed by atoms with E-state index in [0.717, 1.165) is 25.7 Å². The van der Waals surface area contributed by atoms with Crippen LogP contribution in [0.2, 0.25) is 0 Å². The molecule has 0 saturated carbocycles. The van der Waals surface area contributed by atoms with Gasteiger partial charge in [-0.25, -0.2) is 0 Å².